The first-order valence-corrected chi connectivity index (χ1v) is 8.98. The van der Waals surface area contributed by atoms with Gasteiger partial charge in [-0.3, -0.25) is 9.59 Å². The molecule has 2 aromatic rings. The summed E-state index contributed by atoms with van der Waals surface area (Å²) in [6, 6.07) is 13.0. The van der Waals surface area contributed by atoms with E-state index in [9.17, 15) is 9.59 Å². The highest BCUT2D eigenvalue weighted by atomic mass is 16.2. The first-order chi connectivity index (χ1) is 12.4. The van der Waals surface area contributed by atoms with Gasteiger partial charge in [-0.1, -0.05) is 18.2 Å². The number of anilines is 3. The maximum atomic E-state index is 12.5. The van der Waals surface area contributed by atoms with Crippen molar-refractivity contribution in [3.63, 3.8) is 0 Å². The average Bonchev–Trinajstić information content (AvgIpc) is 3.43. The normalized spacial score (nSPS) is 14.4. The molecule has 2 amide bonds. The molecule has 3 N–H and O–H groups in total. The second-order valence-corrected chi connectivity index (χ2v) is 7.02. The Morgan fingerprint density at radius 1 is 1.00 bits per heavy atom. The summed E-state index contributed by atoms with van der Waals surface area (Å²) in [4.78, 5) is 24.4. The molecule has 0 saturated heterocycles. The zero-order valence-electron chi connectivity index (χ0n) is 15.4. The molecule has 0 aliphatic heterocycles. The van der Waals surface area contributed by atoms with Crippen LogP contribution in [0, 0.1) is 19.8 Å². The standard InChI is InChI=1S/C21H25N3O2/c1-13-7-8-14(2)19(11-13)24-20(25)15(3)22-17-5-4-6-18(12-17)23-21(26)16-9-10-16/h4-8,11-12,15-16,22H,9-10H2,1-3H3,(H,23,26)(H,24,25). The van der Waals surface area contributed by atoms with Crippen molar-refractivity contribution < 1.29 is 9.59 Å². The molecule has 1 aliphatic carbocycles. The molecule has 0 aromatic heterocycles. The van der Waals surface area contributed by atoms with Gasteiger partial charge in [0.05, 0.1) is 0 Å². The summed E-state index contributed by atoms with van der Waals surface area (Å²) in [5, 5.41) is 9.08. The molecule has 0 heterocycles. The number of carbonyl (C=O) groups excluding carboxylic acids is 2. The van der Waals surface area contributed by atoms with E-state index in [0.717, 1.165) is 41.0 Å². The van der Waals surface area contributed by atoms with E-state index in [2.05, 4.69) is 16.0 Å². The molecular weight excluding hydrogens is 326 g/mol. The van der Waals surface area contributed by atoms with E-state index in [0.29, 0.717) is 0 Å². The van der Waals surface area contributed by atoms with Crippen molar-refractivity contribution >= 4 is 28.9 Å². The Balaban J connectivity index is 1.61. The van der Waals surface area contributed by atoms with E-state index in [1.807, 2.05) is 63.2 Å². The van der Waals surface area contributed by atoms with Crippen molar-refractivity contribution in [2.24, 2.45) is 5.92 Å². The lowest BCUT2D eigenvalue weighted by atomic mass is 10.1. The summed E-state index contributed by atoms with van der Waals surface area (Å²) in [5.41, 5.74) is 4.50. The first-order valence-electron chi connectivity index (χ1n) is 8.98. The fourth-order valence-electron chi connectivity index (χ4n) is 2.70. The van der Waals surface area contributed by atoms with E-state index in [1.54, 1.807) is 0 Å². The number of rotatable bonds is 6. The second-order valence-electron chi connectivity index (χ2n) is 7.02. The summed E-state index contributed by atoms with van der Waals surface area (Å²) in [6.45, 7) is 5.79. The maximum absolute atomic E-state index is 12.5. The number of benzene rings is 2. The van der Waals surface area contributed by atoms with E-state index >= 15 is 0 Å². The van der Waals surface area contributed by atoms with Crippen molar-refractivity contribution in [1.29, 1.82) is 0 Å². The van der Waals surface area contributed by atoms with Gasteiger partial charge in [-0.25, -0.2) is 0 Å². The minimum Gasteiger partial charge on any atom is -0.374 e. The molecular formula is C21H25N3O2. The topological polar surface area (TPSA) is 70.2 Å². The van der Waals surface area contributed by atoms with Gasteiger partial charge in [-0.15, -0.1) is 0 Å². The van der Waals surface area contributed by atoms with Crippen molar-refractivity contribution in [3.05, 3.63) is 53.6 Å². The summed E-state index contributed by atoms with van der Waals surface area (Å²) in [6.07, 6.45) is 1.94. The number of amides is 2. The third kappa shape index (κ3) is 4.63. The number of nitrogens with one attached hydrogen (secondary N) is 3. The van der Waals surface area contributed by atoms with Crippen LogP contribution < -0.4 is 16.0 Å². The molecule has 5 heteroatoms. The quantitative estimate of drug-likeness (QED) is 0.734. The lowest BCUT2D eigenvalue weighted by Gasteiger charge is -2.17. The van der Waals surface area contributed by atoms with Crippen LogP contribution in [0.3, 0.4) is 0 Å². The Morgan fingerprint density at radius 2 is 1.73 bits per heavy atom. The zero-order valence-corrected chi connectivity index (χ0v) is 15.4. The van der Waals surface area contributed by atoms with Crippen LogP contribution in [-0.2, 0) is 9.59 Å². The number of carbonyl (C=O) groups is 2. The summed E-state index contributed by atoms with van der Waals surface area (Å²) >= 11 is 0. The zero-order chi connectivity index (χ0) is 18.7. The monoisotopic (exact) mass is 351 g/mol. The highest BCUT2D eigenvalue weighted by molar-refractivity contribution is 5.97. The summed E-state index contributed by atoms with van der Waals surface area (Å²) < 4.78 is 0. The highest BCUT2D eigenvalue weighted by Gasteiger charge is 2.29. The van der Waals surface area contributed by atoms with Gasteiger partial charge in [0.25, 0.3) is 0 Å². The van der Waals surface area contributed by atoms with Crippen LogP contribution in [0.25, 0.3) is 0 Å². The Kier molecular flexibility index (Phi) is 5.26. The van der Waals surface area contributed by atoms with E-state index < -0.39 is 6.04 Å². The maximum Gasteiger partial charge on any atom is 0.246 e. The summed E-state index contributed by atoms with van der Waals surface area (Å²) in [5.74, 6) is 0.128. The molecule has 5 nitrogen and oxygen atoms in total. The van der Waals surface area contributed by atoms with Crippen LogP contribution in [0.5, 0.6) is 0 Å². The van der Waals surface area contributed by atoms with Crippen molar-refractivity contribution in [2.75, 3.05) is 16.0 Å². The Bertz CT molecular complexity index is 828. The van der Waals surface area contributed by atoms with Crippen LogP contribution in [0.15, 0.2) is 42.5 Å². The van der Waals surface area contributed by atoms with Gasteiger partial charge in [0.2, 0.25) is 11.8 Å². The predicted octanol–water partition coefficient (Wildman–Crippen LogP) is 4.09. The molecule has 1 fully saturated rings. The molecule has 2 aromatic carbocycles. The predicted molar refractivity (Wildman–Crippen MR) is 105 cm³/mol. The molecule has 1 saturated carbocycles. The van der Waals surface area contributed by atoms with Crippen LogP contribution in [-0.4, -0.2) is 17.9 Å². The van der Waals surface area contributed by atoms with Crippen LogP contribution in [0.4, 0.5) is 17.1 Å². The van der Waals surface area contributed by atoms with Crippen molar-refractivity contribution in [1.82, 2.24) is 0 Å². The van der Waals surface area contributed by atoms with Crippen LogP contribution >= 0.6 is 0 Å². The van der Waals surface area contributed by atoms with Gasteiger partial charge in [0.1, 0.15) is 6.04 Å². The third-order valence-corrected chi connectivity index (χ3v) is 4.51. The van der Waals surface area contributed by atoms with E-state index in [-0.39, 0.29) is 17.7 Å². The highest BCUT2D eigenvalue weighted by Crippen LogP contribution is 2.30. The fraction of sp³-hybridized carbons (Fsp3) is 0.333. The van der Waals surface area contributed by atoms with Gasteiger partial charge >= 0.3 is 0 Å². The third-order valence-electron chi connectivity index (χ3n) is 4.51. The van der Waals surface area contributed by atoms with Gasteiger partial charge in [-0.2, -0.15) is 0 Å². The molecule has 0 bridgehead atoms. The Hall–Kier alpha value is -2.82. The summed E-state index contributed by atoms with van der Waals surface area (Å²) in [7, 11) is 0. The molecule has 1 atom stereocenters. The fourth-order valence-corrected chi connectivity index (χ4v) is 2.70. The lowest BCUT2D eigenvalue weighted by Crippen LogP contribution is -2.32. The molecule has 136 valence electrons. The number of aryl methyl sites for hydroxylation is 2. The average molecular weight is 351 g/mol. The molecule has 0 spiro atoms. The SMILES string of the molecule is Cc1ccc(C)c(NC(=O)C(C)Nc2cccc(NC(=O)C3CC3)c2)c1. The van der Waals surface area contributed by atoms with Crippen molar-refractivity contribution in [2.45, 2.75) is 39.7 Å². The largest absolute Gasteiger partial charge is 0.374 e. The van der Waals surface area contributed by atoms with Crippen LogP contribution in [0.1, 0.15) is 30.9 Å². The Labute approximate surface area is 154 Å². The van der Waals surface area contributed by atoms with Gasteiger partial charge in [-0.05, 0) is 69.0 Å². The molecule has 3 rings (SSSR count). The molecule has 1 aliphatic rings. The smallest absolute Gasteiger partial charge is 0.246 e. The van der Waals surface area contributed by atoms with Gasteiger partial charge < -0.3 is 16.0 Å². The lowest BCUT2D eigenvalue weighted by molar-refractivity contribution is -0.117. The minimum atomic E-state index is -0.413. The molecule has 1 unspecified atom stereocenters. The minimum absolute atomic E-state index is 0.0721. The van der Waals surface area contributed by atoms with Gasteiger partial charge in [0.15, 0.2) is 0 Å². The molecule has 26 heavy (non-hydrogen) atoms. The molecule has 0 radical (unpaired) electrons. The van der Waals surface area contributed by atoms with Gasteiger partial charge in [0, 0.05) is 23.0 Å². The van der Waals surface area contributed by atoms with E-state index in [4.69, 9.17) is 0 Å². The number of hydrogen-bond donors (Lipinski definition) is 3. The van der Waals surface area contributed by atoms with E-state index in [1.165, 1.54) is 0 Å². The number of hydrogen-bond acceptors (Lipinski definition) is 3. The first kappa shape index (κ1) is 18.0. The second kappa shape index (κ2) is 7.60. The van der Waals surface area contributed by atoms with Crippen LogP contribution in [0.2, 0.25) is 0 Å². The van der Waals surface area contributed by atoms with Crippen molar-refractivity contribution in [3.8, 4) is 0 Å². The Morgan fingerprint density at radius 3 is 2.46 bits per heavy atom.